The predicted octanol–water partition coefficient (Wildman–Crippen LogP) is 3.72. The molecule has 5 nitrogen and oxygen atoms in total. The second-order valence-corrected chi connectivity index (χ2v) is 21.4. The fourth-order valence-corrected chi connectivity index (χ4v) is 19.2. The van der Waals surface area contributed by atoms with Gasteiger partial charge in [0, 0.05) is 0 Å². The van der Waals surface area contributed by atoms with Crippen molar-refractivity contribution in [2.45, 2.75) is 73.0 Å². The zero-order valence-electron chi connectivity index (χ0n) is 19.2. The van der Waals surface area contributed by atoms with Gasteiger partial charge in [-0.25, -0.2) is 0 Å². The molecule has 0 spiro atoms. The standard InChI is InChI=1S/C11H8NO2.C6H10N2.2C4H9.Sn/c13-10-6-7-11(14)12(10)8-9-4-2-1-3-5-9;1-3-8-5-4-7(2)6-8;2*1-3-4-2;/h2-7H,8H2;4-6H,2-3H2,1H3;2*1,3-4H2,2H3;/q;+1;;;. The van der Waals surface area contributed by atoms with Crippen LogP contribution < -0.4 is 8.15 Å². The second kappa shape index (κ2) is 11.1. The quantitative estimate of drug-likeness (QED) is 0.239. The molecule has 0 aliphatic carbocycles. The monoisotopic (exact) mass is 530 g/mol. The van der Waals surface area contributed by atoms with E-state index in [1.54, 1.807) is 3.58 Å². The summed E-state index contributed by atoms with van der Waals surface area (Å²) < 4.78 is 10.1. The van der Waals surface area contributed by atoms with Crippen LogP contribution in [0.3, 0.4) is 0 Å². The Hall–Kier alpha value is -1.89. The Morgan fingerprint density at radius 1 is 0.903 bits per heavy atom. The first-order valence-corrected chi connectivity index (χ1v) is 19.2. The number of benzene rings is 1. The molecule has 2 heterocycles. The summed E-state index contributed by atoms with van der Waals surface area (Å²) in [5.74, 6) is -0.435. The Kier molecular flexibility index (Phi) is 8.52. The third-order valence-electron chi connectivity index (χ3n) is 6.42. The van der Waals surface area contributed by atoms with Gasteiger partial charge < -0.3 is 0 Å². The van der Waals surface area contributed by atoms with Crippen LogP contribution >= 0.6 is 0 Å². The Labute approximate surface area is 190 Å². The van der Waals surface area contributed by atoms with Gasteiger partial charge in [0.2, 0.25) is 0 Å². The Bertz CT molecular complexity index is 891. The molecule has 2 amide bonds. The number of unbranched alkanes of at least 4 members (excludes halogenated alkanes) is 2. The molecule has 3 rings (SSSR count). The van der Waals surface area contributed by atoms with Crippen molar-refractivity contribution in [3.63, 3.8) is 0 Å². The van der Waals surface area contributed by atoms with Gasteiger partial charge >= 0.3 is 191 Å². The van der Waals surface area contributed by atoms with Crippen LogP contribution in [0.2, 0.25) is 8.87 Å². The van der Waals surface area contributed by atoms with Crippen LogP contribution in [-0.2, 0) is 27.2 Å². The van der Waals surface area contributed by atoms with Crippen LogP contribution in [0.4, 0.5) is 0 Å². The van der Waals surface area contributed by atoms with E-state index in [0.29, 0.717) is 6.54 Å². The molecule has 0 fully saturated rings. The summed E-state index contributed by atoms with van der Waals surface area (Å²) >= 11 is -2.70. The summed E-state index contributed by atoms with van der Waals surface area (Å²) in [6.07, 6.45) is 14.4. The van der Waals surface area contributed by atoms with E-state index in [2.05, 4.69) is 72.9 Å². The van der Waals surface area contributed by atoms with Gasteiger partial charge in [-0.2, -0.15) is 0 Å². The number of hydrogen-bond donors (Lipinski definition) is 0. The first-order chi connectivity index (χ1) is 15.0. The number of carbonyl (C=O) groups excluding carboxylic acids is 2. The van der Waals surface area contributed by atoms with Crippen LogP contribution in [0.1, 0.15) is 52.0 Å². The zero-order valence-corrected chi connectivity index (χ0v) is 22.1. The van der Waals surface area contributed by atoms with Gasteiger partial charge in [-0.15, -0.1) is 0 Å². The van der Waals surface area contributed by atoms with Crippen molar-refractivity contribution >= 4 is 33.8 Å². The van der Waals surface area contributed by atoms with E-state index < -0.39 is 18.4 Å². The Balaban J connectivity index is 1.87. The number of imide groups is 1. The molecule has 31 heavy (non-hydrogen) atoms. The molecule has 1 aromatic carbocycles. The molecule has 6 heteroatoms. The van der Waals surface area contributed by atoms with E-state index in [-0.39, 0.29) is 11.8 Å². The Morgan fingerprint density at radius 2 is 1.52 bits per heavy atom. The van der Waals surface area contributed by atoms with Crippen LogP contribution in [0.25, 0.3) is 0 Å². The van der Waals surface area contributed by atoms with Crippen molar-refractivity contribution in [1.82, 2.24) is 9.47 Å². The number of aromatic nitrogens is 2. The summed E-state index contributed by atoms with van der Waals surface area (Å²) in [4.78, 5) is 25.1. The van der Waals surface area contributed by atoms with Crippen molar-refractivity contribution in [3.8, 4) is 0 Å². The molecule has 166 valence electrons. The second-order valence-electron chi connectivity index (χ2n) is 8.70. The van der Waals surface area contributed by atoms with Gasteiger partial charge in [0.1, 0.15) is 0 Å². The van der Waals surface area contributed by atoms with E-state index in [9.17, 15) is 9.59 Å². The maximum absolute atomic E-state index is 11.9. The van der Waals surface area contributed by atoms with E-state index in [0.717, 1.165) is 12.1 Å². The fraction of sp³-hybridized carbons (Fsp3) is 0.480. The predicted molar refractivity (Wildman–Crippen MR) is 126 cm³/mol. The minimum absolute atomic E-state index is 0.217. The number of imidazole rings is 1. The van der Waals surface area contributed by atoms with Crippen molar-refractivity contribution in [1.29, 1.82) is 0 Å². The molecule has 0 saturated carbocycles. The molecule has 1 aliphatic rings. The fourth-order valence-electron chi connectivity index (χ4n) is 4.50. The number of carbonyl (C=O) groups is 2. The average Bonchev–Trinajstić information content (AvgIpc) is 3.37. The first-order valence-electron chi connectivity index (χ1n) is 11.7. The van der Waals surface area contributed by atoms with Gasteiger partial charge in [0.25, 0.3) is 0 Å². The molecule has 1 aliphatic heterocycles. The summed E-state index contributed by atoms with van der Waals surface area (Å²) in [6, 6.07) is 8.90. The number of nitrogens with zero attached hydrogens (tertiary/aromatic N) is 3. The normalized spacial score (nSPS) is 14.1. The SMILES string of the molecule is CCC[CH2][Sn]([CH2]CCC)([CH2][n+]1ccn(CC)c1)[c]1ccc(CN2C(=O)C=CC2=O)cc1. The molecule has 0 saturated heterocycles. The summed E-state index contributed by atoms with van der Waals surface area (Å²) in [6.45, 7) is 8.11. The third kappa shape index (κ3) is 5.87. The van der Waals surface area contributed by atoms with Gasteiger partial charge in [0.15, 0.2) is 0 Å². The van der Waals surface area contributed by atoms with E-state index >= 15 is 0 Å². The van der Waals surface area contributed by atoms with E-state index in [4.69, 9.17) is 0 Å². The van der Waals surface area contributed by atoms with Gasteiger partial charge in [-0.3, -0.25) is 0 Å². The van der Waals surface area contributed by atoms with Gasteiger partial charge in [-0.05, 0) is 0 Å². The van der Waals surface area contributed by atoms with Crippen LogP contribution in [-0.4, -0.2) is 39.7 Å². The topological polar surface area (TPSA) is 46.2 Å². The van der Waals surface area contributed by atoms with Crippen molar-refractivity contribution in [2.24, 2.45) is 0 Å². The molecule has 1 aromatic heterocycles. The maximum atomic E-state index is 11.9. The van der Waals surface area contributed by atoms with Crippen LogP contribution in [0.15, 0.2) is 55.1 Å². The van der Waals surface area contributed by atoms with Gasteiger partial charge in [-0.1, -0.05) is 0 Å². The van der Waals surface area contributed by atoms with Crippen molar-refractivity contribution < 1.29 is 14.2 Å². The number of hydrogen-bond acceptors (Lipinski definition) is 2. The van der Waals surface area contributed by atoms with Gasteiger partial charge in [0.05, 0.1) is 0 Å². The number of amides is 2. The molecular formula is C25H36N3O2Sn+. The summed E-state index contributed by atoms with van der Waals surface area (Å²) in [7, 11) is 0. The molecular weight excluding hydrogens is 493 g/mol. The minimum atomic E-state index is -2.70. The average molecular weight is 529 g/mol. The molecule has 0 N–H and O–H groups in total. The third-order valence-corrected chi connectivity index (χ3v) is 21.1. The van der Waals surface area contributed by atoms with Crippen LogP contribution in [0, 0.1) is 0 Å². The first kappa shape index (κ1) is 23.8. The molecule has 0 atom stereocenters. The number of rotatable bonds is 12. The molecule has 0 bridgehead atoms. The molecule has 0 radical (unpaired) electrons. The molecule has 2 aromatic rings. The molecule has 0 unspecified atom stereocenters. The van der Waals surface area contributed by atoms with Crippen molar-refractivity contribution in [2.75, 3.05) is 0 Å². The van der Waals surface area contributed by atoms with Crippen molar-refractivity contribution in [3.05, 3.63) is 60.7 Å². The summed E-state index contributed by atoms with van der Waals surface area (Å²) in [5, 5.41) is 0. The summed E-state index contributed by atoms with van der Waals surface area (Å²) in [5.41, 5.74) is 1.02. The Morgan fingerprint density at radius 3 is 2.03 bits per heavy atom. The van der Waals surface area contributed by atoms with E-state index in [1.807, 2.05) is 0 Å². The number of aryl methyl sites for hydroxylation is 1. The van der Waals surface area contributed by atoms with E-state index in [1.165, 1.54) is 56.2 Å². The van der Waals surface area contributed by atoms with Crippen LogP contribution in [0.5, 0.6) is 0 Å². The zero-order chi connectivity index (χ0) is 22.3.